The average Bonchev–Trinajstić information content (AvgIpc) is 3.04. The van der Waals surface area contributed by atoms with Gasteiger partial charge in [-0.25, -0.2) is 9.37 Å². The van der Waals surface area contributed by atoms with Gasteiger partial charge in [-0.2, -0.15) is 4.39 Å². The van der Waals surface area contributed by atoms with Crippen LogP contribution in [0.3, 0.4) is 0 Å². The smallest absolute Gasteiger partial charge is 0.257 e. The fourth-order valence-electron chi connectivity index (χ4n) is 3.31. The maximum Gasteiger partial charge on any atom is 0.257 e. The molecule has 4 nitrogen and oxygen atoms in total. The molecule has 0 N–H and O–H groups in total. The quantitative estimate of drug-likeness (QED) is 0.784. The number of carbonyl (C=O) groups is 1. The van der Waals surface area contributed by atoms with Crippen LogP contribution in [-0.4, -0.2) is 52.9 Å². The normalized spacial score (nSPS) is 21.0. The minimum Gasteiger partial charge on any atom is -0.336 e. The number of rotatable bonds is 2. The Labute approximate surface area is 122 Å². The summed E-state index contributed by atoms with van der Waals surface area (Å²) in [7, 11) is 0. The Balaban J connectivity index is 1.63. The van der Waals surface area contributed by atoms with Gasteiger partial charge in [0.25, 0.3) is 5.91 Å². The molecule has 2 fully saturated rings. The molecular weight excluding hydrogens is 276 g/mol. The first-order valence-corrected chi connectivity index (χ1v) is 7.50. The first kappa shape index (κ1) is 14.4. The molecule has 0 atom stereocenters. The van der Waals surface area contributed by atoms with Crippen molar-refractivity contribution in [2.75, 3.05) is 26.2 Å². The second-order valence-electron chi connectivity index (χ2n) is 5.73. The summed E-state index contributed by atoms with van der Waals surface area (Å²) in [5, 5.41) is 0. The van der Waals surface area contributed by atoms with Crippen molar-refractivity contribution >= 4 is 5.91 Å². The van der Waals surface area contributed by atoms with E-state index in [2.05, 4.69) is 9.88 Å². The van der Waals surface area contributed by atoms with Gasteiger partial charge in [-0.05, 0) is 18.9 Å². The number of piperazine rings is 1. The highest BCUT2D eigenvalue weighted by molar-refractivity contribution is 5.94. The lowest BCUT2D eigenvalue weighted by Crippen LogP contribution is -2.51. The summed E-state index contributed by atoms with van der Waals surface area (Å²) in [6.07, 6.45) is 6.16. The van der Waals surface area contributed by atoms with Crippen LogP contribution < -0.4 is 0 Å². The minimum absolute atomic E-state index is 0.225. The molecule has 0 spiro atoms. The highest BCUT2D eigenvalue weighted by Gasteiger charge is 2.29. The van der Waals surface area contributed by atoms with Crippen molar-refractivity contribution < 1.29 is 13.6 Å². The highest BCUT2D eigenvalue weighted by Crippen LogP contribution is 2.24. The summed E-state index contributed by atoms with van der Waals surface area (Å²) >= 11 is 0. The SMILES string of the molecule is O=C(c1ccnc(F)c1F)N1CCN(C2CCCC2)CC1. The number of carbonyl (C=O) groups excluding carboxylic acids is 1. The summed E-state index contributed by atoms with van der Waals surface area (Å²) in [5.41, 5.74) is -0.225. The molecular formula is C15H19F2N3O. The topological polar surface area (TPSA) is 36.4 Å². The molecule has 6 heteroatoms. The van der Waals surface area contributed by atoms with E-state index in [1.54, 1.807) is 4.90 Å². The van der Waals surface area contributed by atoms with E-state index in [-0.39, 0.29) is 5.56 Å². The maximum atomic E-state index is 13.6. The van der Waals surface area contributed by atoms with Gasteiger partial charge in [0.2, 0.25) is 5.95 Å². The largest absolute Gasteiger partial charge is 0.336 e. The fraction of sp³-hybridized carbons (Fsp3) is 0.600. The maximum absolute atomic E-state index is 13.6. The molecule has 0 radical (unpaired) electrons. The molecule has 1 saturated carbocycles. The monoisotopic (exact) mass is 295 g/mol. The van der Waals surface area contributed by atoms with E-state index < -0.39 is 17.7 Å². The number of amides is 1. The summed E-state index contributed by atoms with van der Waals surface area (Å²) < 4.78 is 26.7. The van der Waals surface area contributed by atoms with Crippen molar-refractivity contribution in [3.05, 3.63) is 29.6 Å². The number of pyridine rings is 1. The summed E-state index contributed by atoms with van der Waals surface area (Å²) in [5.74, 6) is -2.81. The van der Waals surface area contributed by atoms with Gasteiger partial charge < -0.3 is 4.90 Å². The van der Waals surface area contributed by atoms with Crippen LogP contribution >= 0.6 is 0 Å². The van der Waals surface area contributed by atoms with Crippen LogP contribution in [0.5, 0.6) is 0 Å². The summed E-state index contributed by atoms with van der Waals surface area (Å²) in [6, 6.07) is 1.88. The Morgan fingerprint density at radius 3 is 2.48 bits per heavy atom. The Bertz CT molecular complexity index is 524. The first-order chi connectivity index (χ1) is 10.2. The molecule has 0 aromatic carbocycles. The lowest BCUT2D eigenvalue weighted by atomic mass is 10.1. The van der Waals surface area contributed by atoms with Crippen LogP contribution in [0, 0.1) is 11.8 Å². The molecule has 1 aromatic rings. The summed E-state index contributed by atoms with van der Waals surface area (Å²) in [6.45, 7) is 2.76. The molecule has 0 bridgehead atoms. The lowest BCUT2D eigenvalue weighted by Gasteiger charge is -2.38. The van der Waals surface area contributed by atoms with Gasteiger partial charge in [0.1, 0.15) is 0 Å². The van der Waals surface area contributed by atoms with E-state index in [0.29, 0.717) is 19.1 Å². The van der Waals surface area contributed by atoms with E-state index in [0.717, 1.165) is 19.3 Å². The Morgan fingerprint density at radius 1 is 1.14 bits per heavy atom. The highest BCUT2D eigenvalue weighted by atomic mass is 19.2. The second kappa shape index (κ2) is 6.05. The van der Waals surface area contributed by atoms with Gasteiger partial charge in [0, 0.05) is 38.4 Å². The number of hydrogen-bond acceptors (Lipinski definition) is 3. The van der Waals surface area contributed by atoms with Crippen LogP contribution in [0.4, 0.5) is 8.78 Å². The van der Waals surface area contributed by atoms with Gasteiger partial charge in [0.15, 0.2) is 5.82 Å². The number of hydrogen-bond donors (Lipinski definition) is 0. The van der Waals surface area contributed by atoms with Crippen molar-refractivity contribution in [3.63, 3.8) is 0 Å². The molecule has 2 heterocycles. The Morgan fingerprint density at radius 2 is 1.81 bits per heavy atom. The van der Waals surface area contributed by atoms with Crippen LogP contribution in [0.25, 0.3) is 0 Å². The third-order valence-corrected chi connectivity index (χ3v) is 4.52. The zero-order chi connectivity index (χ0) is 14.8. The molecule has 21 heavy (non-hydrogen) atoms. The van der Waals surface area contributed by atoms with Gasteiger partial charge in [-0.3, -0.25) is 9.69 Å². The number of aromatic nitrogens is 1. The van der Waals surface area contributed by atoms with E-state index >= 15 is 0 Å². The predicted octanol–water partition coefficient (Wildman–Crippen LogP) is 2.06. The van der Waals surface area contributed by atoms with Crippen molar-refractivity contribution in [1.82, 2.24) is 14.8 Å². The van der Waals surface area contributed by atoms with Gasteiger partial charge in [-0.1, -0.05) is 12.8 Å². The van der Waals surface area contributed by atoms with E-state index in [4.69, 9.17) is 0 Å². The molecule has 1 aliphatic carbocycles. The number of halogens is 2. The molecule has 1 amide bonds. The van der Waals surface area contributed by atoms with Crippen LogP contribution in [-0.2, 0) is 0 Å². The van der Waals surface area contributed by atoms with Crippen molar-refractivity contribution in [2.45, 2.75) is 31.7 Å². The van der Waals surface area contributed by atoms with Gasteiger partial charge >= 0.3 is 0 Å². The van der Waals surface area contributed by atoms with E-state index in [9.17, 15) is 13.6 Å². The minimum atomic E-state index is -1.22. The van der Waals surface area contributed by atoms with Crippen LogP contribution in [0.15, 0.2) is 12.3 Å². The third-order valence-electron chi connectivity index (χ3n) is 4.52. The molecule has 1 saturated heterocycles. The molecule has 2 aliphatic rings. The second-order valence-corrected chi connectivity index (χ2v) is 5.73. The molecule has 0 unspecified atom stereocenters. The molecule has 114 valence electrons. The van der Waals surface area contributed by atoms with E-state index in [1.165, 1.54) is 31.7 Å². The van der Waals surface area contributed by atoms with Crippen molar-refractivity contribution in [3.8, 4) is 0 Å². The van der Waals surface area contributed by atoms with Crippen molar-refractivity contribution in [2.24, 2.45) is 0 Å². The first-order valence-electron chi connectivity index (χ1n) is 7.50. The molecule has 1 aromatic heterocycles. The summed E-state index contributed by atoms with van der Waals surface area (Å²) in [4.78, 5) is 19.5. The third kappa shape index (κ3) is 2.90. The standard InChI is InChI=1S/C15H19F2N3O/c16-13-12(5-6-18-14(13)17)15(21)20-9-7-19(8-10-20)11-3-1-2-4-11/h5-6,11H,1-4,7-10H2. The molecule has 3 rings (SSSR count). The zero-order valence-corrected chi connectivity index (χ0v) is 11.9. The van der Waals surface area contributed by atoms with E-state index in [1.807, 2.05) is 0 Å². The average molecular weight is 295 g/mol. The fourth-order valence-corrected chi connectivity index (χ4v) is 3.31. The predicted molar refractivity (Wildman–Crippen MR) is 73.9 cm³/mol. The van der Waals surface area contributed by atoms with Crippen molar-refractivity contribution in [1.29, 1.82) is 0 Å². The molecule has 1 aliphatic heterocycles. The van der Waals surface area contributed by atoms with Gasteiger partial charge in [-0.15, -0.1) is 0 Å². The van der Waals surface area contributed by atoms with Gasteiger partial charge in [0.05, 0.1) is 5.56 Å². The van der Waals surface area contributed by atoms with Crippen LogP contribution in [0.2, 0.25) is 0 Å². The number of nitrogens with zero attached hydrogens (tertiary/aromatic N) is 3. The Kier molecular flexibility index (Phi) is 4.14. The van der Waals surface area contributed by atoms with Crippen LogP contribution in [0.1, 0.15) is 36.0 Å². The zero-order valence-electron chi connectivity index (χ0n) is 11.9. The lowest BCUT2D eigenvalue weighted by molar-refractivity contribution is 0.0568. The Hall–Kier alpha value is -1.56.